The normalized spacial score (nSPS) is 18.1. The number of aryl methyl sites for hydroxylation is 1. The second-order valence-electron chi connectivity index (χ2n) is 6.09. The topological polar surface area (TPSA) is 49.4 Å². The maximum Gasteiger partial charge on any atom is 0.240 e. The Kier molecular flexibility index (Phi) is 4.87. The first-order chi connectivity index (χ1) is 11.5. The molecule has 0 bridgehead atoms. The molecule has 0 aliphatic carbocycles. The van der Waals surface area contributed by atoms with Crippen LogP contribution in [0.5, 0.6) is 0 Å². The van der Waals surface area contributed by atoms with Crippen LogP contribution >= 0.6 is 0 Å². The Bertz CT molecular complexity index is 809. The van der Waals surface area contributed by atoms with Gasteiger partial charge in [0.15, 0.2) is 0 Å². The van der Waals surface area contributed by atoms with Crippen molar-refractivity contribution in [3.63, 3.8) is 0 Å². The Morgan fingerprint density at radius 3 is 2.67 bits per heavy atom. The van der Waals surface area contributed by atoms with Gasteiger partial charge in [-0.15, -0.1) is 0 Å². The second kappa shape index (κ2) is 6.91. The number of halogens is 1. The highest BCUT2D eigenvalue weighted by molar-refractivity contribution is 7.89. The Morgan fingerprint density at radius 1 is 1.21 bits per heavy atom. The van der Waals surface area contributed by atoms with E-state index in [1.165, 1.54) is 18.2 Å². The van der Waals surface area contributed by atoms with Crippen LogP contribution in [0, 0.1) is 12.7 Å². The predicted molar refractivity (Wildman–Crippen MR) is 93.1 cm³/mol. The van der Waals surface area contributed by atoms with Crippen LogP contribution in [0.2, 0.25) is 0 Å². The Balaban J connectivity index is 1.72. The third-order valence-corrected chi connectivity index (χ3v) is 5.98. The molecule has 3 rings (SSSR count). The minimum Gasteiger partial charge on any atom is -0.367 e. The number of hydrogen-bond acceptors (Lipinski definition) is 3. The lowest BCUT2D eigenvalue weighted by atomic mass is 10.2. The molecule has 1 aliphatic rings. The lowest BCUT2D eigenvalue weighted by molar-refractivity contribution is 0.566. The summed E-state index contributed by atoms with van der Waals surface area (Å²) in [7, 11) is -3.64. The molecule has 1 heterocycles. The van der Waals surface area contributed by atoms with Crippen molar-refractivity contribution in [2.75, 3.05) is 18.0 Å². The van der Waals surface area contributed by atoms with Crippen LogP contribution in [0.1, 0.15) is 18.4 Å². The molecule has 2 aromatic carbocycles. The molecular weight excluding hydrogens is 327 g/mol. The predicted octanol–water partition coefficient (Wildman–Crippen LogP) is 3.08. The van der Waals surface area contributed by atoms with E-state index in [0.29, 0.717) is 12.1 Å². The molecule has 1 atom stereocenters. The molecule has 4 nitrogen and oxygen atoms in total. The zero-order valence-electron chi connectivity index (χ0n) is 13.6. The summed E-state index contributed by atoms with van der Waals surface area (Å²) in [5, 5.41) is 0. The maximum absolute atomic E-state index is 13.2. The Labute approximate surface area is 142 Å². The zero-order chi connectivity index (χ0) is 17.2. The van der Waals surface area contributed by atoms with E-state index in [1.54, 1.807) is 6.92 Å². The number of rotatable bonds is 5. The molecule has 1 fully saturated rings. The quantitative estimate of drug-likeness (QED) is 0.903. The molecule has 0 radical (unpaired) electrons. The van der Waals surface area contributed by atoms with Crippen molar-refractivity contribution in [1.29, 1.82) is 0 Å². The van der Waals surface area contributed by atoms with Gasteiger partial charge in [-0.2, -0.15) is 0 Å². The van der Waals surface area contributed by atoms with E-state index in [1.807, 2.05) is 30.3 Å². The van der Waals surface area contributed by atoms with Crippen LogP contribution in [-0.2, 0) is 10.0 Å². The lowest BCUT2D eigenvalue weighted by Gasteiger charge is -2.27. The third-order valence-electron chi connectivity index (χ3n) is 4.40. The SMILES string of the molecule is Cc1cc(F)ccc1S(=O)(=O)NC[C@@H]1CCCN1c1ccccc1. The molecule has 0 unspecified atom stereocenters. The number of anilines is 1. The standard InChI is InChI=1S/C18H21FN2O2S/c1-14-12-15(19)9-10-18(14)24(22,23)20-13-17-8-5-11-21(17)16-6-3-2-4-7-16/h2-4,6-7,9-10,12,17,20H,5,8,11,13H2,1H3/t17-/m0/s1. The van der Waals surface area contributed by atoms with E-state index in [9.17, 15) is 12.8 Å². The summed E-state index contributed by atoms with van der Waals surface area (Å²) in [5.74, 6) is -0.433. The van der Waals surface area contributed by atoms with E-state index < -0.39 is 15.8 Å². The fourth-order valence-electron chi connectivity index (χ4n) is 3.21. The summed E-state index contributed by atoms with van der Waals surface area (Å²) in [6, 6.07) is 13.9. The summed E-state index contributed by atoms with van der Waals surface area (Å²) in [5.41, 5.74) is 1.52. The number of para-hydroxylation sites is 1. The van der Waals surface area contributed by atoms with Crippen LogP contribution in [0.3, 0.4) is 0 Å². The second-order valence-corrected chi connectivity index (χ2v) is 7.82. The molecule has 0 aromatic heterocycles. The van der Waals surface area contributed by atoms with Gasteiger partial charge in [-0.3, -0.25) is 0 Å². The van der Waals surface area contributed by atoms with Crippen molar-refractivity contribution in [3.8, 4) is 0 Å². The highest BCUT2D eigenvalue weighted by Crippen LogP contribution is 2.25. The van der Waals surface area contributed by atoms with Crippen LogP contribution in [0.15, 0.2) is 53.4 Å². The van der Waals surface area contributed by atoms with Gasteiger partial charge in [0.25, 0.3) is 0 Å². The number of benzene rings is 2. The fourth-order valence-corrected chi connectivity index (χ4v) is 4.50. The van der Waals surface area contributed by atoms with Crippen LogP contribution in [-0.4, -0.2) is 27.5 Å². The van der Waals surface area contributed by atoms with Crippen molar-refractivity contribution in [2.45, 2.75) is 30.7 Å². The first-order valence-corrected chi connectivity index (χ1v) is 9.53. The van der Waals surface area contributed by atoms with Crippen LogP contribution in [0.4, 0.5) is 10.1 Å². The third kappa shape index (κ3) is 3.60. The number of nitrogens with zero attached hydrogens (tertiary/aromatic N) is 1. The molecule has 1 N–H and O–H groups in total. The van der Waals surface area contributed by atoms with Crippen LogP contribution < -0.4 is 9.62 Å². The molecule has 0 spiro atoms. The molecule has 128 valence electrons. The highest BCUT2D eigenvalue weighted by atomic mass is 32.2. The summed E-state index contributed by atoms with van der Waals surface area (Å²) in [6.07, 6.45) is 1.98. The summed E-state index contributed by atoms with van der Waals surface area (Å²) in [6.45, 7) is 2.86. The maximum atomic E-state index is 13.2. The van der Waals surface area contributed by atoms with E-state index in [-0.39, 0.29) is 10.9 Å². The number of sulfonamides is 1. The van der Waals surface area contributed by atoms with Gasteiger partial charge in [0.1, 0.15) is 5.82 Å². The van der Waals surface area contributed by atoms with Gasteiger partial charge in [0.2, 0.25) is 10.0 Å². The lowest BCUT2D eigenvalue weighted by Crippen LogP contribution is -2.40. The molecule has 1 saturated heterocycles. The molecular formula is C18H21FN2O2S. The summed E-state index contributed by atoms with van der Waals surface area (Å²) >= 11 is 0. The van der Waals surface area contributed by atoms with Crippen molar-refractivity contribution in [1.82, 2.24) is 4.72 Å². The van der Waals surface area contributed by atoms with Crippen molar-refractivity contribution >= 4 is 15.7 Å². The van der Waals surface area contributed by atoms with Crippen molar-refractivity contribution < 1.29 is 12.8 Å². The molecule has 1 aliphatic heterocycles. The average Bonchev–Trinajstić information content (AvgIpc) is 3.02. The molecule has 2 aromatic rings. The van der Waals surface area contributed by atoms with Gasteiger partial charge in [0, 0.05) is 24.8 Å². The minimum atomic E-state index is -3.64. The zero-order valence-corrected chi connectivity index (χ0v) is 14.4. The number of hydrogen-bond donors (Lipinski definition) is 1. The highest BCUT2D eigenvalue weighted by Gasteiger charge is 2.27. The Hall–Kier alpha value is -1.92. The van der Waals surface area contributed by atoms with Crippen molar-refractivity contribution in [3.05, 3.63) is 59.9 Å². The van der Waals surface area contributed by atoms with Crippen molar-refractivity contribution in [2.24, 2.45) is 0 Å². The summed E-state index contributed by atoms with van der Waals surface area (Å²) in [4.78, 5) is 2.37. The average molecular weight is 348 g/mol. The molecule has 6 heteroatoms. The Morgan fingerprint density at radius 2 is 1.96 bits per heavy atom. The molecule has 0 saturated carbocycles. The van der Waals surface area contributed by atoms with Gasteiger partial charge >= 0.3 is 0 Å². The molecule has 24 heavy (non-hydrogen) atoms. The summed E-state index contributed by atoms with van der Waals surface area (Å²) < 4.78 is 40.9. The molecule has 0 amide bonds. The van der Waals surface area contributed by atoms with E-state index in [4.69, 9.17) is 0 Å². The van der Waals surface area contributed by atoms with Gasteiger partial charge in [-0.05, 0) is 55.7 Å². The van der Waals surface area contributed by atoms with E-state index in [2.05, 4.69) is 9.62 Å². The van der Waals surface area contributed by atoms with Gasteiger partial charge in [-0.1, -0.05) is 18.2 Å². The van der Waals surface area contributed by atoms with Gasteiger partial charge < -0.3 is 4.90 Å². The van der Waals surface area contributed by atoms with Gasteiger partial charge in [-0.25, -0.2) is 17.5 Å². The van der Waals surface area contributed by atoms with Crippen LogP contribution in [0.25, 0.3) is 0 Å². The fraction of sp³-hybridized carbons (Fsp3) is 0.333. The van der Waals surface area contributed by atoms with E-state index in [0.717, 1.165) is 25.1 Å². The first kappa shape index (κ1) is 16.9. The smallest absolute Gasteiger partial charge is 0.240 e. The largest absolute Gasteiger partial charge is 0.367 e. The van der Waals surface area contributed by atoms with Gasteiger partial charge in [0.05, 0.1) is 4.90 Å². The van der Waals surface area contributed by atoms with E-state index >= 15 is 0 Å². The number of nitrogens with one attached hydrogen (secondary N) is 1. The minimum absolute atomic E-state index is 0.128. The monoisotopic (exact) mass is 348 g/mol. The first-order valence-electron chi connectivity index (χ1n) is 8.05.